The average Bonchev–Trinajstić information content (AvgIpc) is 2.92. The Bertz CT molecular complexity index is 896. The number of carbonyl (C=O) groups excluding carboxylic acids is 2. The molecule has 2 amide bonds. The Labute approximate surface area is 149 Å². The van der Waals surface area contributed by atoms with Gasteiger partial charge in [-0.3, -0.25) is 19.8 Å². The van der Waals surface area contributed by atoms with Crippen molar-refractivity contribution in [2.75, 3.05) is 4.90 Å². The van der Waals surface area contributed by atoms with Crippen molar-refractivity contribution in [2.24, 2.45) is 0 Å². The van der Waals surface area contributed by atoms with Crippen LogP contribution in [0.15, 0.2) is 35.2 Å². The molecule has 1 aromatic heterocycles. The molecule has 0 aliphatic carbocycles. The van der Waals surface area contributed by atoms with Gasteiger partial charge in [-0.1, -0.05) is 6.07 Å². The van der Waals surface area contributed by atoms with E-state index in [2.05, 4.69) is 5.32 Å². The van der Waals surface area contributed by atoms with E-state index in [0.717, 1.165) is 21.6 Å². The van der Waals surface area contributed by atoms with Crippen LogP contribution in [0.25, 0.3) is 6.08 Å². The molecule has 0 saturated carbocycles. The quantitative estimate of drug-likeness (QED) is 0.509. The molecule has 122 valence electrons. The van der Waals surface area contributed by atoms with Gasteiger partial charge in [-0.25, -0.2) is 0 Å². The third kappa shape index (κ3) is 2.90. The monoisotopic (exact) mass is 356 g/mol. The molecule has 1 saturated heterocycles. The summed E-state index contributed by atoms with van der Waals surface area (Å²) in [5.74, 6) is -0.863. The van der Waals surface area contributed by atoms with E-state index >= 15 is 0 Å². The lowest BCUT2D eigenvalue weighted by atomic mass is 10.1. The van der Waals surface area contributed by atoms with Crippen molar-refractivity contribution >= 4 is 52.2 Å². The third-order valence-corrected chi connectivity index (χ3v) is 5.28. The molecule has 3 rings (SSSR count). The van der Waals surface area contributed by atoms with Crippen LogP contribution in [0.2, 0.25) is 0 Å². The van der Waals surface area contributed by atoms with Gasteiger partial charge in [0.25, 0.3) is 11.8 Å². The summed E-state index contributed by atoms with van der Waals surface area (Å²) in [6.45, 7) is 5.92. The molecule has 4 nitrogen and oxygen atoms in total. The van der Waals surface area contributed by atoms with Crippen LogP contribution < -0.4 is 10.2 Å². The zero-order valence-corrected chi connectivity index (χ0v) is 15.2. The number of anilines is 1. The first-order valence-corrected chi connectivity index (χ1v) is 8.70. The van der Waals surface area contributed by atoms with E-state index in [1.54, 1.807) is 6.08 Å². The Morgan fingerprint density at radius 3 is 2.46 bits per heavy atom. The summed E-state index contributed by atoms with van der Waals surface area (Å²) in [5, 5.41) is 4.64. The zero-order chi connectivity index (χ0) is 17.4. The number of aryl methyl sites for hydroxylation is 3. The summed E-state index contributed by atoms with van der Waals surface area (Å²) in [6, 6.07) is 7.61. The zero-order valence-electron chi connectivity index (χ0n) is 13.5. The maximum atomic E-state index is 12.9. The lowest BCUT2D eigenvalue weighted by molar-refractivity contribution is -0.122. The average molecular weight is 356 g/mol. The van der Waals surface area contributed by atoms with Gasteiger partial charge in [0.1, 0.15) is 5.57 Å². The maximum Gasteiger partial charge on any atom is 0.270 e. The summed E-state index contributed by atoms with van der Waals surface area (Å²) in [4.78, 5) is 27.4. The minimum atomic E-state index is -0.460. The first kappa shape index (κ1) is 16.5. The number of amides is 2. The van der Waals surface area contributed by atoms with Crippen molar-refractivity contribution in [2.45, 2.75) is 20.8 Å². The number of hydrogen-bond acceptors (Lipinski definition) is 4. The largest absolute Gasteiger partial charge is 0.298 e. The van der Waals surface area contributed by atoms with Gasteiger partial charge in [-0.05, 0) is 79.3 Å². The summed E-state index contributed by atoms with van der Waals surface area (Å²) in [6.07, 6.45) is 1.63. The number of carbonyl (C=O) groups is 2. The number of hydrogen-bond donors (Lipinski definition) is 1. The molecule has 0 radical (unpaired) electrons. The Morgan fingerprint density at radius 2 is 1.83 bits per heavy atom. The number of benzene rings is 1. The fraction of sp³-hybridized carbons (Fsp3) is 0.167. The van der Waals surface area contributed by atoms with Crippen LogP contribution in [0.5, 0.6) is 0 Å². The summed E-state index contributed by atoms with van der Waals surface area (Å²) in [7, 11) is 0. The van der Waals surface area contributed by atoms with Gasteiger partial charge in [0.2, 0.25) is 0 Å². The molecule has 0 atom stereocenters. The van der Waals surface area contributed by atoms with Gasteiger partial charge in [-0.15, -0.1) is 11.3 Å². The van der Waals surface area contributed by atoms with Crippen molar-refractivity contribution < 1.29 is 9.59 Å². The van der Waals surface area contributed by atoms with Crippen molar-refractivity contribution in [3.63, 3.8) is 0 Å². The fourth-order valence-electron chi connectivity index (χ4n) is 2.42. The normalized spacial score (nSPS) is 16.7. The van der Waals surface area contributed by atoms with Gasteiger partial charge >= 0.3 is 0 Å². The van der Waals surface area contributed by atoms with Crippen LogP contribution in [0.1, 0.15) is 21.6 Å². The van der Waals surface area contributed by atoms with Gasteiger partial charge in [-0.2, -0.15) is 0 Å². The highest BCUT2D eigenvalue weighted by molar-refractivity contribution is 7.80. The van der Waals surface area contributed by atoms with E-state index in [4.69, 9.17) is 12.2 Å². The molecule has 6 heteroatoms. The van der Waals surface area contributed by atoms with Crippen LogP contribution in [-0.2, 0) is 9.59 Å². The van der Waals surface area contributed by atoms with Gasteiger partial charge < -0.3 is 0 Å². The molecule has 1 fully saturated rings. The molecule has 1 aliphatic heterocycles. The Kier molecular flexibility index (Phi) is 4.34. The second kappa shape index (κ2) is 6.30. The van der Waals surface area contributed by atoms with E-state index in [1.165, 1.54) is 16.2 Å². The second-order valence-electron chi connectivity index (χ2n) is 5.69. The van der Waals surface area contributed by atoms with E-state index < -0.39 is 11.8 Å². The minimum absolute atomic E-state index is 0.0902. The Hall–Kier alpha value is -2.31. The van der Waals surface area contributed by atoms with Gasteiger partial charge in [0.15, 0.2) is 5.11 Å². The topological polar surface area (TPSA) is 49.4 Å². The molecule has 0 spiro atoms. The van der Waals surface area contributed by atoms with Gasteiger partial charge in [0, 0.05) is 4.88 Å². The van der Waals surface area contributed by atoms with Crippen LogP contribution in [0.3, 0.4) is 0 Å². The van der Waals surface area contributed by atoms with Crippen LogP contribution in [0, 0.1) is 20.8 Å². The number of rotatable bonds is 2. The number of thiocarbonyl (C=S) groups is 1. The molecule has 2 aromatic rings. The molecule has 2 heterocycles. The standard InChI is InChI=1S/C18H16N2O2S2/c1-10-4-5-13(8-12(10)3)20-17(22)14(16(21)19-18(20)23)9-15-11(2)6-7-24-15/h4-9H,1-3H3,(H,19,21,23)/b14-9-. The van der Waals surface area contributed by atoms with Crippen LogP contribution in [-0.4, -0.2) is 16.9 Å². The first-order valence-electron chi connectivity index (χ1n) is 7.41. The molecule has 1 aromatic carbocycles. The van der Waals surface area contributed by atoms with Crippen molar-refractivity contribution in [3.8, 4) is 0 Å². The molecule has 1 aliphatic rings. The maximum absolute atomic E-state index is 12.9. The van der Waals surface area contributed by atoms with Crippen LogP contribution in [0.4, 0.5) is 5.69 Å². The van der Waals surface area contributed by atoms with Gasteiger partial charge in [0.05, 0.1) is 5.69 Å². The lowest BCUT2D eigenvalue weighted by Gasteiger charge is -2.29. The highest BCUT2D eigenvalue weighted by Gasteiger charge is 2.34. The number of nitrogens with one attached hydrogen (secondary N) is 1. The van der Waals surface area contributed by atoms with E-state index in [1.807, 2.05) is 50.4 Å². The highest BCUT2D eigenvalue weighted by Crippen LogP contribution is 2.26. The highest BCUT2D eigenvalue weighted by atomic mass is 32.1. The van der Waals surface area contributed by atoms with Crippen molar-refractivity contribution in [3.05, 3.63) is 56.8 Å². The summed E-state index contributed by atoms with van der Waals surface area (Å²) >= 11 is 6.70. The SMILES string of the molecule is Cc1ccc(N2C(=O)/C(=C\c3sccc3C)C(=O)NC2=S)cc1C. The third-order valence-electron chi connectivity index (χ3n) is 4.03. The van der Waals surface area contributed by atoms with E-state index in [0.29, 0.717) is 5.69 Å². The van der Waals surface area contributed by atoms with Crippen molar-refractivity contribution in [1.82, 2.24) is 5.32 Å². The molecule has 24 heavy (non-hydrogen) atoms. The Balaban J connectivity index is 2.04. The predicted octanol–water partition coefficient (Wildman–Crippen LogP) is 3.50. The minimum Gasteiger partial charge on any atom is -0.298 e. The molecular weight excluding hydrogens is 340 g/mol. The summed E-state index contributed by atoms with van der Waals surface area (Å²) < 4.78 is 0. The predicted molar refractivity (Wildman–Crippen MR) is 101 cm³/mol. The Morgan fingerprint density at radius 1 is 1.08 bits per heavy atom. The smallest absolute Gasteiger partial charge is 0.270 e. The molecule has 0 bridgehead atoms. The van der Waals surface area contributed by atoms with E-state index in [9.17, 15) is 9.59 Å². The first-order chi connectivity index (χ1) is 11.4. The molecule has 1 N–H and O–H groups in total. The number of thiophene rings is 1. The van der Waals surface area contributed by atoms with Crippen LogP contribution >= 0.6 is 23.6 Å². The molecule has 0 unspecified atom stereocenters. The number of nitrogens with zero attached hydrogens (tertiary/aromatic N) is 1. The van der Waals surface area contributed by atoms with Crippen molar-refractivity contribution in [1.29, 1.82) is 0 Å². The van der Waals surface area contributed by atoms with E-state index in [-0.39, 0.29) is 10.7 Å². The second-order valence-corrected chi connectivity index (χ2v) is 7.03. The fourth-order valence-corrected chi connectivity index (χ4v) is 3.56. The lowest BCUT2D eigenvalue weighted by Crippen LogP contribution is -2.54. The summed E-state index contributed by atoms with van der Waals surface area (Å²) in [5.41, 5.74) is 3.95. The molecular formula is C18H16N2O2S2.